The number of nitrogens with zero attached hydrogens (tertiary/aromatic N) is 3. The molecular weight excluding hydrogens is 366 g/mol. The molecule has 2 N–H and O–H groups in total. The maximum atomic E-state index is 12.3. The van der Waals surface area contributed by atoms with Crippen LogP contribution in [0.15, 0.2) is 42.7 Å². The van der Waals surface area contributed by atoms with E-state index >= 15 is 0 Å². The van der Waals surface area contributed by atoms with E-state index in [2.05, 4.69) is 25.5 Å². The molecule has 0 aliphatic carbocycles. The summed E-state index contributed by atoms with van der Waals surface area (Å²) >= 11 is 6.41. The molecule has 8 heteroatoms. The molecule has 1 aliphatic heterocycles. The molecule has 0 radical (unpaired) electrons. The van der Waals surface area contributed by atoms with Crippen LogP contribution in [-0.2, 0) is 9.53 Å². The molecule has 1 aromatic heterocycles. The summed E-state index contributed by atoms with van der Waals surface area (Å²) in [5, 5.41) is 6.78. The molecule has 2 heterocycles. The van der Waals surface area contributed by atoms with E-state index < -0.39 is 0 Å². The molecule has 1 amide bonds. The van der Waals surface area contributed by atoms with Crippen molar-refractivity contribution in [1.82, 2.24) is 20.2 Å². The van der Waals surface area contributed by atoms with Gasteiger partial charge in [-0.2, -0.15) is 0 Å². The standard InChI is InChI=1S/C19H24ClN5O2/c20-16-5-2-1-4-15(16)17(25-10-12-27-13-11-25)14-24-18(26)6-9-23-19-21-7-3-8-22-19/h1-5,7-8,17H,6,9-14H2,(H,24,26)(H,21,22,23)/t17-/m0/s1. The average Bonchev–Trinajstić information content (AvgIpc) is 2.71. The first-order chi connectivity index (χ1) is 13.2. The molecule has 1 aliphatic rings. The first-order valence-electron chi connectivity index (χ1n) is 9.08. The van der Waals surface area contributed by atoms with E-state index in [9.17, 15) is 4.79 Å². The smallest absolute Gasteiger partial charge is 0.222 e. The van der Waals surface area contributed by atoms with Crippen LogP contribution in [0.5, 0.6) is 0 Å². The summed E-state index contributed by atoms with van der Waals surface area (Å²) in [5.41, 5.74) is 1.03. The Morgan fingerprint density at radius 2 is 1.93 bits per heavy atom. The Labute approximate surface area is 164 Å². The van der Waals surface area contributed by atoms with E-state index in [-0.39, 0.29) is 11.9 Å². The predicted octanol–water partition coefficient (Wildman–Crippen LogP) is 2.12. The van der Waals surface area contributed by atoms with Crippen LogP contribution in [0.3, 0.4) is 0 Å². The van der Waals surface area contributed by atoms with Crippen LogP contribution >= 0.6 is 11.6 Å². The largest absolute Gasteiger partial charge is 0.379 e. The van der Waals surface area contributed by atoms with Gasteiger partial charge in [0, 0.05) is 50.0 Å². The van der Waals surface area contributed by atoms with Gasteiger partial charge in [0.25, 0.3) is 0 Å². The third-order valence-electron chi connectivity index (χ3n) is 4.44. The molecule has 1 saturated heterocycles. The van der Waals surface area contributed by atoms with Crippen molar-refractivity contribution in [2.24, 2.45) is 0 Å². The van der Waals surface area contributed by atoms with Gasteiger partial charge in [0.1, 0.15) is 0 Å². The third kappa shape index (κ3) is 5.89. The molecular formula is C19H24ClN5O2. The fourth-order valence-electron chi connectivity index (χ4n) is 3.05. The van der Waals surface area contributed by atoms with E-state index in [0.29, 0.717) is 43.7 Å². The number of aromatic nitrogens is 2. The summed E-state index contributed by atoms with van der Waals surface area (Å²) in [4.78, 5) is 22.7. The van der Waals surface area contributed by atoms with Crippen LogP contribution in [0.25, 0.3) is 0 Å². The van der Waals surface area contributed by atoms with Crippen molar-refractivity contribution in [3.63, 3.8) is 0 Å². The second-order valence-corrected chi connectivity index (χ2v) is 6.65. The van der Waals surface area contributed by atoms with Crippen LogP contribution in [0.4, 0.5) is 5.95 Å². The number of rotatable bonds is 8. The number of hydrogen-bond donors (Lipinski definition) is 2. The highest BCUT2D eigenvalue weighted by Gasteiger charge is 2.24. The number of carbonyl (C=O) groups excluding carboxylic acids is 1. The number of nitrogens with one attached hydrogen (secondary N) is 2. The van der Waals surface area contributed by atoms with E-state index in [1.807, 2.05) is 24.3 Å². The minimum atomic E-state index is -0.0243. The quantitative estimate of drug-likeness (QED) is 0.720. The van der Waals surface area contributed by atoms with Crippen molar-refractivity contribution in [3.8, 4) is 0 Å². The normalized spacial score (nSPS) is 15.9. The zero-order chi connectivity index (χ0) is 18.9. The number of benzene rings is 1. The Balaban J connectivity index is 1.54. The number of ether oxygens (including phenoxy) is 1. The van der Waals surface area contributed by atoms with Gasteiger partial charge in [0.2, 0.25) is 11.9 Å². The highest BCUT2D eigenvalue weighted by Crippen LogP contribution is 2.27. The first kappa shape index (κ1) is 19.5. The first-order valence-corrected chi connectivity index (χ1v) is 9.45. The van der Waals surface area contributed by atoms with Gasteiger partial charge in [-0.1, -0.05) is 29.8 Å². The maximum Gasteiger partial charge on any atom is 0.222 e. The second-order valence-electron chi connectivity index (χ2n) is 6.24. The number of hydrogen-bond acceptors (Lipinski definition) is 6. The fraction of sp³-hybridized carbons (Fsp3) is 0.421. The summed E-state index contributed by atoms with van der Waals surface area (Å²) in [7, 11) is 0. The lowest BCUT2D eigenvalue weighted by Gasteiger charge is -2.35. The van der Waals surface area contributed by atoms with Gasteiger partial charge in [0.15, 0.2) is 0 Å². The van der Waals surface area contributed by atoms with E-state index in [1.54, 1.807) is 18.5 Å². The Kier molecular flexibility index (Phi) is 7.38. The monoisotopic (exact) mass is 389 g/mol. The second kappa shape index (κ2) is 10.2. The van der Waals surface area contributed by atoms with Gasteiger partial charge in [-0.3, -0.25) is 9.69 Å². The lowest BCUT2D eigenvalue weighted by atomic mass is 10.0. The Bertz CT molecular complexity index is 725. The zero-order valence-corrected chi connectivity index (χ0v) is 15.9. The van der Waals surface area contributed by atoms with Gasteiger partial charge >= 0.3 is 0 Å². The van der Waals surface area contributed by atoms with E-state index in [0.717, 1.165) is 18.7 Å². The van der Waals surface area contributed by atoms with Crippen molar-refractivity contribution in [3.05, 3.63) is 53.3 Å². The molecule has 0 saturated carbocycles. The average molecular weight is 390 g/mol. The lowest BCUT2D eigenvalue weighted by Crippen LogP contribution is -2.44. The number of morpholine rings is 1. The molecule has 0 unspecified atom stereocenters. The molecule has 7 nitrogen and oxygen atoms in total. The van der Waals surface area contributed by atoms with Crippen molar-refractivity contribution in [2.45, 2.75) is 12.5 Å². The number of amides is 1. The number of carbonyl (C=O) groups is 1. The van der Waals surface area contributed by atoms with Gasteiger partial charge < -0.3 is 15.4 Å². The van der Waals surface area contributed by atoms with Gasteiger partial charge in [-0.25, -0.2) is 9.97 Å². The van der Waals surface area contributed by atoms with Crippen molar-refractivity contribution < 1.29 is 9.53 Å². The van der Waals surface area contributed by atoms with E-state index in [1.165, 1.54) is 0 Å². The summed E-state index contributed by atoms with van der Waals surface area (Å²) in [6.07, 6.45) is 3.66. The fourth-order valence-corrected chi connectivity index (χ4v) is 3.31. The van der Waals surface area contributed by atoms with Crippen LogP contribution in [-0.4, -0.2) is 60.2 Å². The van der Waals surface area contributed by atoms with Crippen molar-refractivity contribution in [2.75, 3.05) is 44.7 Å². The van der Waals surface area contributed by atoms with Gasteiger partial charge in [0.05, 0.1) is 19.3 Å². The van der Waals surface area contributed by atoms with Crippen LogP contribution in [0.2, 0.25) is 5.02 Å². The molecule has 1 aromatic carbocycles. The Morgan fingerprint density at radius 1 is 1.19 bits per heavy atom. The highest BCUT2D eigenvalue weighted by atomic mass is 35.5. The molecule has 1 atom stereocenters. The summed E-state index contributed by atoms with van der Waals surface area (Å²) in [5.74, 6) is 0.497. The Morgan fingerprint density at radius 3 is 2.67 bits per heavy atom. The highest BCUT2D eigenvalue weighted by molar-refractivity contribution is 6.31. The number of anilines is 1. The van der Waals surface area contributed by atoms with Gasteiger partial charge in [-0.05, 0) is 17.7 Å². The van der Waals surface area contributed by atoms with E-state index in [4.69, 9.17) is 16.3 Å². The summed E-state index contributed by atoms with van der Waals surface area (Å²) in [6.45, 7) is 4.00. The maximum absolute atomic E-state index is 12.3. The number of halogens is 1. The minimum Gasteiger partial charge on any atom is -0.379 e. The molecule has 144 valence electrons. The molecule has 0 spiro atoms. The molecule has 2 aromatic rings. The molecule has 1 fully saturated rings. The SMILES string of the molecule is O=C(CCNc1ncccn1)NC[C@@H](c1ccccc1Cl)N1CCOCC1. The van der Waals surface area contributed by atoms with Crippen molar-refractivity contribution in [1.29, 1.82) is 0 Å². The third-order valence-corrected chi connectivity index (χ3v) is 4.79. The minimum absolute atomic E-state index is 0.0243. The summed E-state index contributed by atoms with van der Waals surface area (Å²) in [6, 6.07) is 9.56. The lowest BCUT2D eigenvalue weighted by molar-refractivity contribution is -0.121. The molecule has 3 rings (SSSR count). The topological polar surface area (TPSA) is 79.4 Å². The predicted molar refractivity (Wildman–Crippen MR) is 105 cm³/mol. The van der Waals surface area contributed by atoms with Crippen molar-refractivity contribution >= 4 is 23.5 Å². The van der Waals surface area contributed by atoms with Crippen LogP contribution in [0.1, 0.15) is 18.0 Å². The van der Waals surface area contributed by atoms with Crippen LogP contribution in [0, 0.1) is 0 Å². The van der Waals surface area contributed by atoms with Gasteiger partial charge in [-0.15, -0.1) is 0 Å². The zero-order valence-electron chi connectivity index (χ0n) is 15.1. The Hall–Kier alpha value is -2.22. The van der Waals surface area contributed by atoms with Crippen LogP contribution < -0.4 is 10.6 Å². The molecule has 27 heavy (non-hydrogen) atoms. The summed E-state index contributed by atoms with van der Waals surface area (Å²) < 4.78 is 5.45. The molecule has 0 bridgehead atoms.